The first kappa shape index (κ1) is 17.0. The second-order valence-electron chi connectivity index (χ2n) is 5.72. The Morgan fingerprint density at radius 1 is 1.17 bits per heavy atom. The number of hydrogen-bond donors (Lipinski definition) is 2. The fourth-order valence-electron chi connectivity index (χ4n) is 2.94. The maximum atomic E-state index is 12.7. The number of aliphatic hydroxyl groups excluding tert-OH is 1. The van der Waals surface area contributed by atoms with E-state index in [-0.39, 0.29) is 25.1 Å². The molecular formula is C19H22N2O2S. The van der Waals surface area contributed by atoms with Gasteiger partial charge in [-0.3, -0.25) is 4.79 Å². The van der Waals surface area contributed by atoms with Crippen LogP contribution in [-0.2, 0) is 4.79 Å². The number of rotatable bonds is 6. The molecule has 0 fully saturated rings. The van der Waals surface area contributed by atoms with E-state index in [0.717, 1.165) is 28.4 Å². The largest absolute Gasteiger partial charge is 0.396 e. The highest BCUT2D eigenvalue weighted by Gasteiger charge is 2.23. The van der Waals surface area contributed by atoms with Crippen LogP contribution in [0.1, 0.15) is 18.0 Å². The predicted molar refractivity (Wildman–Crippen MR) is 98.4 cm³/mol. The smallest absolute Gasteiger partial charge is 0.241 e. The number of thioether (sulfide) groups is 1. The Balaban J connectivity index is 1.66. The van der Waals surface area contributed by atoms with E-state index in [1.807, 2.05) is 53.4 Å². The summed E-state index contributed by atoms with van der Waals surface area (Å²) in [7, 11) is 0. The molecule has 0 saturated carbocycles. The van der Waals surface area contributed by atoms with E-state index in [9.17, 15) is 9.90 Å². The molecule has 4 nitrogen and oxygen atoms in total. The van der Waals surface area contributed by atoms with Gasteiger partial charge in [0.25, 0.3) is 0 Å². The van der Waals surface area contributed by atoms with Crippen LogP contribution in [0.4, 0.5) is 5.69 Å². The molecule has 0 bridgehead atoms. The molecule has 0 saturated heterocycles. The minimum Gasteiger partial charge on any atom is -0.396 e. The topological polar surface area (TPSA) is 52.6 Å². The van der Waals surface area contributed by atoms with Gasteiger partial charge in [0.1, 0.15) is 0 Å². The van der Waals surface area contributed by atoms with Crippen LogP contribution in [0, 0.1) is 0 Å². The van der Waals surface area contributed by atoms with Crippen LogP contribution in [-0.4, -0.2) is 36.5 Å². The lowest BCUT2D eigenvalue weighted by molar-refractivity contribution is -0.117. The number of fused-ring (bicyclic) bond motifs is 1. The lowest BCUT2D eigenvalue weighted by Crippen LogP contribution is -2.42. The van der Waals surface area contributed by atoms with Crippen LogP contribution in [0.25, 0.3) is 0 Å². The molecule has 126 valence electrons. The summed E-state index contributed by atoms with van der Waals surface area (Å²) >= 11 is 1.79. The average molecular weight is 342 g/mol. The number of amides is 1. The molecule has 5 heteroatoms. The summed E-state index contributed by atoms with van der Waals surface area (Å²) < 4.78 is 0. The van der Waals surface area contributed by atoms with Gasteiger partial charge in [0, 0.05) is 29.8 Å². The Bertz CT molecular complexity index is 678. The average Bonchev–Trinajstić information content (AvgIpc) is 2.65. The molecule has 1 unspecified atom stereocenters. The number of carbonyl (C=O) groups excluding carboxylic acids is 1. The maximum Gasteiger partial charge on any atom is 0.241 e. The Morgan fingerprint density at radius 2 is 1.92 bits per heavy atom. The Morgan fingerprint density at radius 3 is 2.71 bits per heavy atom. The van der Waals surface area contributed by atoms with Crippen LogP contribution in [0.3, 0.4) is 0 Å². The van der Waals surface area contributed by atoms with Gasteiger partial charge in [-0.2, -0.15) is 0 Å². The van der Waals surface area contributed by atoms with Crippen LogP contribution in [0.15, 0.2) is 59.5 Å². The van der Waals surface area contributed by atoms with Crippen molar-refractivity contribution in [1.82, 2.24) is 5.32 Å². The summed E-state index contributed by atoms with van der Waals surface area (Å²) in [5, 5.41) is 12.6. The number of nitrogens with one attached hydrogen (secondary N) is 1. The van der Waals surface area contributed by atoms with Gasteiger partial charge in [-0.05, 0) is 24.1 Å². The number of aliphatic hydroxyl groups is 1. The highest BCUT2D eigenvalue weighted by molar-refractivity contribution is 7.99. The van der Waals surface area contributed by atoms with Crippen molar-refractivity contribution < 1.29 is 9.90 Å². The first-order valence-electron chi connectivity index (χ1n) is 8.21. The quantitative estimate of drug-likeness (QED) is 0.848. The molecule has 1 atom stereocenters. The first-order chi connectivity index (χ1) is 11.8. The molecule has 1 heterocycles. The van der Waals surface area contributed by atoms with Gasteiger partial charge >= 0.3 is 0 Å². The summed E-state index contributed by atoms with van der Waals surface area (Å²) in [6.07, 6.45) is 0.587. The Labute approximate surface area is 146 Å². The van der Waals surface area contributed by atoms with Crippen molar-refractivity contribution in [3.05, 3.63) is 60.2 Å². The summed E-state index contributed by atoms with van der Waals surface area (Å²) in [6.45, 7) is 1.08. The molecule has 0 aromatic heterocycles. The van der Waals surface area contributed by atoms with Crippen LogP contribution in [0.2, 0.25) is 0 Å². The molecule has 3 rings (SSSR count). The molecule has 2 aromatic carbocycles. The van der Waals surface area contributed by atoms with Crippen LogP contribution in [0.5, 0.6) is 0 Å². The minimum atomic E-state index is -0.0189. The Hall–Kier alpha value is -1.82. The molecule has 2 aromatic rings. The van der Waals surface area contributed by atoms with Crippen molar-refractivity contribution in [2.45, 2.75) is 17.4 Å². The van der Waals surface area contributed by atoms with Gasteiger partial charge in [-0.25, -0.2) is 0 Å². The third-order valence-corrected chi connectivity index (χ3v) is 5.19. The third-order valence-electron chi connectivity index (χ3n) is 4.15. The lowest BCUT2D eigenvalue weighted by Gasteiger charge is -2.30. The minimum absolute atomic E-state index is 0.0189. The number of nitrogens with zero attached hydrogens (tertiary/aromatic N) is 1. The molecule has 0 aliphatic carbocycles. The van der Waals surface area contributed by atoms with E-state index in [2.05, 4.69) is 11.4 Å². The van der Waals surface area contributed by atoms with E-state index in [1.54, 1.807) is 11.8 Å². The van der Waals surface area contributed by atoms with Gasteiger partial charge in [-0.1, -0.05) is 42.5 Å². The van der Waals surface area contributed by atoms with Crippen molar-refractivity contribution in [3.8, 4) is 0 Å². The van der Waals surface area contributed by atoms with Crippen LogP contribution < -0.4 is 10.2 Å². The van der Waals surface area contributed by atoms with Gasteiger partial charge in [0.05, 0.1) is 12.2 Å². The van der Waals surface area contributed by atoms with Gasteiger partial charge in [0.15, 0.2) is 0 Å². The molecule has 2 N–H and O–H groups in total. The normalized spacial score (nSPS) is 15.0. The summed E-state index contributed by atoms with van der Waals surface area (Å²) in [5.74, 6) is 0.989. The highest BCUT2D eigenvalue weighted by atomic mass is 32.2. The van der Waals surface area contributed by atoms with Gasteiger partial charge in [-0.15, -0.1) is 11.8 Å². The van der Waals surface area contributed by atoms with E-state index in [0.29, 0.717) is 6.42 Å². The molecule has 1 aliphatic rings. The number of hydrogen-bond acceptors (Lipinski definition) is 4. The standard InChI is InChI=1S/C19H22N2O2S/c22-12-10-16(15-6-2-1-3-7-15)20-14-19(23)21-11-13-24-18-9-5-4-8-17(18)21/h1-9,16,20,22H,10-14H2. The van der Waals surface area contributed by atoms with Gasteiger partial charge in [0.2, 0.25) is 5.91 Å². The van der Waals surface area contributed by atoms with Crippen molar-refractivity contribution in [1.29, 1.82) is 0 Å². The zero-order valence-corrected chi connectivity index (χ0v) is 14.3. The molecule has 0 spiro atoms. The number of carbonyl (C=O) groups is 1. The van der Waals surface area contributed by atoms with Crippen molar-refractivity contribution in [3.63, 3.8) is 0 Å². The molecule has 1 amide bonds. The first-order valence-corrected chi connectivity index (χ1v) is 9.19. The summed E-state index contributed by atoms with van der Waals surface area (Å²) in [5.41, 5.74) is 2.09. The van der Waals surface area contributed by atoms with E-state index in [1.165, 1.54) is 0 Å². The molecule has 0 radical (unpaired) electrons. The lowest BCUT2D eigenvalue weighted by atomic mass is 10.0. The summed E-state index contributed by atoms with van der Waals surface area (Å²) in [6, 6.07) is 18.0. The molecule has 1 aliphatic heterocycles. The number of benzene rings is 2. The molecular weight excluding hydrogens is 320 g/mol. The van der Waals surface area contributed by atoms with E-state index < -0.39 is 0 Å². The zero-order chi connectivity index (χ0) is 16.8. The van der Waals surface area contributed by atoms with Crippen molar-refractivity contribution in [2.24, 2.45) is 0 Å². The van der Waals surface area contributed by atoms with E-state index in [4.69, 9.17) is 0 Å². The Kier molecular flexibility index (Phi) is 5.91. The van der Waals surface area contributed by atoms with Crippen LogP contribution >= 0.6 is 11.8 Å². The third kappa shape index (κ3) is 3.98. The predicted octanol–water partition coefficient (Wildman–Crippen LogP) is 2.84. The van der Waals surface area contributed by atoms with Crippen molar-refractivity contribution >= 4 is 23.4 Å². The monoisotopic (exact) mass is 342 g/mol. The van der Waals surface area contributed by atoms with Crippen molar-refractivity contribution in [2.75, 3.05) is 30.3 Å². The fourth-order valence-corrected chi connectivity index (χ4v) is 3.93. The SMILES string of the molecule is O=C(CNC(CCO)c1ccccc1)N1CCSc2ccccc21. The zero-order valence-electron chi connectivity index (χ0n) is 13.5. The maximum absolute atomic E-state index is 12.7. The van der Waals surface area contributed by atoms with E-state index >= 15 is 0 Å². The number of anilines is 1. The fraction of sp³-hybridized carbons (Fsp3) is 0.316. The second-order valence-corrected chi connectivity index (χ2v) is 6.85. The molecule has 24 heavy (non-hydrogen) atoms. The number of para-hydroxylation sites is 1. The summed E-state index contributed by atoms with van der Waals surface area (Å²) in [4.78, 5) is 15.7. The van der Waals surface area contributed by atoms with Gasteiger partial charge < -0.3 is 15.3 Å². The second kappa shape index (κ2) is 8.33. The highest BCUT2D eigenvalue weighted by Crippen LogP contribution is 2.34.